The molecule has 1 atom stereocenters. The van der Waals surface area contributed by atoms with Crippen LogP contribution in [0.3, 0.4) is 0 Å². The van der Waals surface area contributed by atoms with Gasteiger partial charge in [0.15, 0.2) is 6.61 Å². The van der Waals surface area contributed by atoms with Crippen molar-refractivity contribution < 1.29 is 18.5 Å². The minimum Gasteiger partial charge on any atom is -0.452 e. The summed E-state index contributed by atoms with van der Waals surface area (Å²) in [6.45, 7) is 1.88. The van der Waals surface area contributed by atoms with Crippen molar-refractivity contribution in [1.29, 1.82) is 0 Å². The van der Waals surface area contributed by atoms with Crippen molar-refractivity contribution in [2.24, 2.45) is 0 Å². The van der Waals surface area contributed by atoms with Gasteiger partial charge in [-0.15, -0.1) is 0 Å². The van der Waals surface area contributed by atoms with Gasteiger partial charge in [0.2, 0.25) is 0 Å². The second-order valence-electron chi connectivity index (χ2n) is 5.29. The van der Waals surface area contributed by atoms with Crippen molar-refractivity contribution in [2.75, 3.05) is 18.9 Å². The molecule has 1 amide bonds. The number of carbonyl (C=O) groups excluding carboxylic acids is 2. The number of ether oxygens (including phenoxy) is 1. The van der Waals surface area contributed by atoms with Gasteiger partial charge in [-0.25, -0.2) is 4.79 Å². The zero-order valence-corrected chi connectivity index (χ0v) is 14.9. The lowest BCUT2D eigenvalue weighted by atomic mass is 10.1. The molecular formula is C19H21NO4S. The van der Waals surface area contributed by atoms with Gasteiger partial charge in [-0.2, -0.15) is 0 Å². The van der Waals surface area contributed by atoms with Crippen LogP contribution in [0.1, 0.15) is 22.8 Å². The van der Waals surface area contributed by atoms with Crippen molar-refractivity contribution in [3.63, 3.8) is 0 Å². The molecule has 132 valence electrons. The first-order valence-electron chi connectivity index (χ1n) is 8.07. The Labute approximate surface area is 149 Å². The average molecular weight is 359 g/mol. The number of rotatable bonds is 8. The molecule has 0 heterocycles. The van der Waals surface area contributed by atoms with E-state index in [1.165, 1.54) is 0 Å². The molecule has 0 spiro atoms. The fraction of sp³-hybridized carbons (Fsp3) is 0.263. The van der Waals surface area contributed by atoms with Gasteiger partial charge < -0.3 is 10.1 Å². The van der Waals surface area contributed by atoms with Gasteiger partial charge in [0.1, 0.15) is 0 Å². The van der Waals surface area contributed by atoms with Gasteiger partial charge in [-0.3, -0.25) is 9.00 Å². The number of benzene rings is 2. The maximum atomic E-state index is 12.1. The molecule has 25 heavy (non-hydrogen) atoms. The van der Waals surface area contributed by atoms with Crippen molar-refractivity contribution in [1.82, 2.24) is 5.32 Å². The molecular weight excluding hydrogens is 338 g/mol. The summed E-state index contributed by atoms with van der Waals surface area (Å²) in [6, 6.07) is 16.4. The van der Waals surface area contributed by atoms with Gasteiger partial charge in [0.25, 0.3) is 5.91 Å². The number of amides is 1. The van der Waals surface area contributed by atoms with E-state index in [9.17, 15) is 13.8 Å². The molecule has 1 N–H and O–H groups in total. The molecule has 0 saturated carbocycles. The van der Waals surface area contributed by atoms with Crippen LogP contribution < -0.4 is 5.32 Å². The van der Waals surface area contributed by atoms with Gasteiger partial charge in [0.05, 0.1) is 21.3 Å². The Hall–Kier alpha value is -2.47. The fourth-order valence-corrected chi connectivity index (χ4v) is 3.18. The average Bonchev–Trinajstić information content (AvgIpc) is 2.66. The molecule has 0 saturated heterocycles. The van der Waals surface area contributed by atoms with Crippen LogP contribution in [0, 0.1) is 0 Å². The van der Waals surface area contributed by atoms with E-state index in [1.54, 1.807) is 31.2 Å². The molecule has 0 aliphatic heterocycles. The number of carbonyl (C=O) groups is 2. The smallest absolute Gasteiger partial charge is 0.339 e. The topological polar surface area (TPSA) is 72.5 Å². The quantitative estimate of drug-likeness (QED) is 0.734. The summed E-state index contributed by atoms with van der Waals surface area (Å²) >= 11 is 0. The third kappa shape index (κ3) is 5.83. The van der Waals surface area contributed by atoms with Crippen LogP contribution >= 0.6 is 0 Å². The van der Waals surface area contributed by atoms with Gasteiger partial charge in [-0.05, 0) is 24.1 Å². The Bertz CT molecular complexity index is 746. The number of hydrogen-bond acceptors (Lipinski definition) is 4. The van der Waals surface area contributed by atoms with E-state index >= 15 is 0 Å². The van der Waals surface area contributed by atoms with Crippen molar-refractivity contribution in [3.8, 4) is 0 Å². The summed E-state index contributed by atoms with van der Waals surface area (Å²) in [7, 11) is -1.26. The Balaban J connectivity index is 1.82. The highest BCUT2D eigenvalue weighted by molar-refractivity contribution is 7.85. The predicted molar refractivity (Wildman–Crippen MR) is 96.8 cm³/mol. The van der Waals surface area contributed by atoms with Crippen LogP contribution in [-0.2, 0) is 26.8 Å². The molecule has 0 aromatic heterocycles. The van der Waals surface area contributed by atoms with Crippen molar-refractivity contribution in [2.45, 2.75) is 18.2 Å². The number of esters is 1. The van der Waals surface area contributed by atoms with Crippen LogP contribution in [-0.4, -0.2) is 35.0 Å². The first-order valence-corrected chi connectivity index (χ1v) is 9.39. The molecule has 2 aromatic carbocycles. The lowest BCUT2D eigenvalue weighted by Gasteiger charge is -2.09. The third-order valence-electron chi connectivity index (χ3n) is 3.53. The molecule has 0 radical (unpaired) electrons. The minimum atomic E-state index is -1.26. The summed E-state index contributed by atoms with van der Waals surface area (Å²) < 4.78 is 17.0. The Kier molecular flexibility index (Phi) is 7.35. The van der Waals surface area contributed by atoms with E-state index in [4.69, 9.17) is 4.74 Å². The van der Waals surface area contributed by atoms with Crippen LogP contribution in [0.5, 0.6) is 0 Å². The van der Waals surface area contributed by atoms with Gasteiger partial charge in [-0.1, -0.05) is 49.4 Å². The maximum Gasteiger partial charge on any atom is 0.339 e. The molecule has 6 heteroatoms. The summed E-state index contributed by atoms with van der Waals surface area (Å²) in [5, 5.41) is 2.71. The highest BCUT2D eigenvalue weighted by atomic mass is 32.2. The highest BCUT2D eigenvalue weighted by Gasteiger charge is 2.16. The minimum absolute atomic E-state index is 0.236. The van der Waals surface area contributed by atoms with E-state index in [0.717, 1.165) is 5.56 Å². The largest absolute Gasteiger partial charge is 0.452 e. The molecule has 2 aromatic rings. The van der Waals surface area contributed by atoms with E-state index < -0.39 is 16.8 Å². The molecule has 5 nitrogen and oxygen atoms in total. The molecule has 0 aliphatic rings. The Morgan fingerprint density at radius 1 is 1.04 bits per heavy atom. The SMILES string of the molecule is CC[S@@](=O)c1ccccc1C(=O)OCC(=O)NCCc1ccccc1. The zero-order valence-electron chi connectivity index (χ0n) is 14.1. The summed E-state index contributed by atoms with van der Waals surface area (Å²) in [5.41, 5.74) is 1.36. The first-order chi connectivity index (χ1) is 12.1. The van der Waals surface area contributed by atoms with Gasteiger partial charge >= 0.3 is 5.97 Å². The standard InChI is InChI=1S/C19H21NO4S/c1-2-25(23)17-11-7-6-10-16(17)19(22)24-14-18(21)20-13-12-15-8-4-3-5-9-15/h3-11H,2,12-14H2,1H3,(H,20,21)/t25-/m1/s1. The summed E-state index contributed by atoms with van der Waals surface area (Å²) in [6.07, 6.45) is 0.707. The van der Waals surface area contributed by atoms with Crippen LogP contribution in [0.25, 0.3) is 0 Å². The summed E-state index contributed by atoms with van der Waals surface area (Å²) in [5.74, 6) is -0.599. The maximum absolute atomic E-state index is 12.1. The van der Waals surface area contributed by atoms with Crippen LogP contribution in [0.4, 0.5) is 0 Å². The Morgan fingerprint density at radius 3 is 2.44 bits per heavy atom. The van der Waals surface area contributed by atoms with E-state index in [0.29, 0.717) is 23.6 Å². The number of nitrogens with one attached hydrogen (secondary N) is 1. The van der Waals surface area contributed by atoms with E-state index in [2.05, 4.69) is 5.32 Å². The summed E-state index contributed by atoms with van der Waals surface area (Å²) in [4.78, 5) is 24.4. The fourth-order valence-electron chi connectivity index (χ4n) is 2.24. The van der Waals surface area contributed by atoms with Crippen molar-refractivity contribution >= 4 is 22.7 Å². The van der Waals surface area contributed by atoms with E-state index in [-0.39, 0.29) is 18.1 Å². The number of hydrogen-bond donors (Lipinski definition) is 1. The Morgan fingerprint density at radius 2 is 1.72 bits per heavy atom. The van der Waals surface area contributed by atoms with E-state index in [1.807, 2.05) is 30.3 Å². The first kappa shape index (κ1) is 18.9. The zero-order chi connectivity index (χ0) is 18.1. The third-order valence-corrected chi connectivity index (χ3v) is 4.90. The van der Waals surface area contributed by atoms with Gasteiger partial charge in [0, 0.05) is 12.3 Å². The molecule has 0 aliphatic carbocycles. The lowest BCUT2D eigenvalue weighted by Crippen LogP contribution is -2.30. The van der Waals surface area contributed by atoms with Crippen molar-refractivity contribution in [3.05, 3.63) is 65.7 Å². The second-order valence-corrected chi connectivity index (χ2v) is 7.00. The predicted octanol–water partition coefficient (Wildman–Crippen LogP) is 2.33. The normalized spacial score (nSPS) is 11.6. The molecule has 0 unspecified atom stereocenters. The molecule has 2 rings (SSSR count). The molecule has 0 bridgehead atoms. The lowest BCUT2D eigenvalue weighted by molar-refractivity contribution is -0.124. The highest BCUT2D eigenvalue weighted by Crippen LogP contribution is 2.15. The van der Waals surface area contributed by atoms with Crippen LogP contribution in [0.15, 0.2) is 59.5 Å². The monoisotopic (exact) mass is 359 g/mol. The molecule has 0 fully saturated rings. The van der Waals surface area contributed by atoms with Crippen LogP contribution in [0.2, 0.25) is 0 Å². The second kappa shape index (κ2) is 9.74.